The molecule has 0 aliphatic carbocycles. The van der Waals surface area contributed by atoms with Crippen molar-refractivity contribution in [3.05, 3.63) is 42.0 Å². The van der Waals surface area contributed by atoms with E-state index in [0.717, 1.165) is 38.2 Å². The number of aryl methyl sites for hydroxylation is 1. The summed E-state index contributed by atoms with van der Waals surface area (Å²) in [4.78, 5) is 6.89. The smallest absolute Gasteiger partial charge is 0.191 e. The number of hydrogen-bond acceptors (Lipinski definition) is 4. The van der Waals surface area contributed by atoms with Crippen LogP contribution in [-0.4, -0.2) is 46.5 Å². The van der Waals surface area contributed by atoms with Gasteiger partial charge in [-0.25, -0.2) is 9.38 Å². The maximum absolute atomic E-state index is 13.5. The zero-order chi connectivity index (χ0) is 19.2. The molecule has 3 N–H and O–H groups in total. The highest BCUT2D eigenvalue weighted by Crippen LogP contribution is 2.19. The number of rotatable bonds is 5. The molecule has 3 rings (SSSR count). The summed E-state index contributed by atoms with van der Waals surface area (Å²) in [7, 11) is 1.92. The summed E-state index contributed by atoms with van der Waals surface area (Å²) < 4.78 is 15.3. The first-order chi connectivity index (χ1) is 13.0. The third kappa shape index (κ3) is 5.12. The monoisotopic (exact) mass is 374 g/mol. The Morgan fingerprint density at radius 2 is 2.30 bits per heavy atom. The molecule has 8 heteroatoms. The number of aromatic nitrogens is 2. The van der Waals surface area contributed by atoms with Crippen molar-refractivity contribution >= 4 is 11.6 Å². The van der Waals surface area contributed by atoms with Crippen LogP contribution in [0.2, 0.25) is 0 Å². The molecule has 1 unspecified atom stereocenters. The molecule has 1 aromatic heterocycles. The second kappa shape index (κ2) is 8.75. The van der Waals surface area contributed by atoms with Gasteiger partial charge in [0.2, 0.25) is 0 Å². The van der Waals surface area contributed by atoms with Crippen LogP contribution in [0, 0.1) is 5.82 Å². The molecular formula is C19H27FN6O. The standard InChI is InChI=1S/C19H27FN6O/c1-3-21-19(22-10-14-6-7-18(27)17(20)9-14)24-15-5-4-8-26(12-15)16-11-23-25(2)13-16/h6-7,9,11,13,15,27H,3-5,8,10,12H2,1-2H3,(H2,21,22,24). The highest BCUT2D eigenvalue weighted by molar-refractivity contribution is 5.80. The van der Waals surface area contributed by atoms with Crippen LogP contribution in [0.4, 0.5) is 10.1 Å². The Hall–Kier alpha value is -2.77. The van der Waals surface area contributed by atoms with E-state index < -0.39 is 5.82 Å². The first-order valence-corrected chi connectivity index (χ1v) is 9.31. The molecule has 1 fully saturated rings. The van der Waals surface area contributed by atoms with Gasteiger partial charge in [-0.3, -0.25) is 4.68 Å². The molecule has 2 aromatic rings. The molecule has 0 radical (unpaired) electrons. The Bertz CT molecular complexity index is 790. The van der Waals surface area contributed by atoms with E-state index in [1.807, 2.05) is 31.0 Å². The van der Waals surface area contributed by atoms with E-state index >= 15 is 0 Å². The van der Waals surface area contributed by atoms with Crippen molar-refractivity contribution in [1.29, 1.82) is 0 Å². The average Bonchev–Trinajstić information content (AvgIpc) is 3.09. The summed E-state index contributed by atoms with van der Waals surface area (Å²) >= 11 is 0. The van der Waals surface area contributed by atoms with Crippen LogP contribution >= 0.6 is 0 Å². The molecule has 146 valence electrons. The average molecular weight is 374 g/mol. The molecule has 1 aliphatic rings. The second-order valence-corrected chi connectivity index (χ2v) is 6.78. The van der Waals surface area contributed by atoms with Crippen molar-refractivity contribution in [2.75, 3.05) is 24.5 Å². The minimum Gasteiger partial charge on any atom is -0.505 e. The number of hydrogen-bond donors (Lipinski definition) is 3. The number of piperidine rings is 1. The van der Waals surface area contributed by atoms with E-state index in [9.17, 15) is 9.50 Å². The third-order valence-corrected chi connectivity index (χ3v) is 4.59. The Labute approximate surface area is 158 Å². The van der Waals surface area contributed by atoms with Gasteiger partial charge in [0.25, 0.3) is 0 Å². The lowest BCUT2D eigenvalue weighted by Crippen LogP contribution is -2.51. The van der Waals surface area contributed by atoms with Crippen molar-refractivity contribution in [1.82, 2.24) is 20.4 Å². The summed E-state index contributed by atoms with van der Waals surface area (Å²) in [6, 6.07) is 4.62. The van der Waals surface area contributed by atoms with Crippen molar-refractivity contribution in [2.45, 2.75) is 32.4 Å². The van der Waals surface area contributed by atoms with Crippen LogP contribution in [-0.2, 0) is 13.6 Å². The fraction of sp³-hybridized carbons (Fsp3) is 0.474. The number of phenols is 1. The number of halogens is 1. The molecule has 7 nitrogen and oxygen atoms in total. The summed E-state index contributed by atoms with van der Waals surface area (Å²) in [6.45, 7) is 4.99. The highest BCUT2D eigenvalue weighted by atomic mass is 19.1. The first-order valence-electron chi connectivity index (χ1n) is 9.31. The Balaban J connectivity index is 1.63. The molecule has 1 saturated heterocycles. The fourth-order valence-electron chi connectivity index (χ4n) is 3.23. The lowest BCUT2D eigenvalue weighted by atomic mass is 10.1. The molecule has 1 aromatic carbocycles. The Morgan fingerprint density at radius 3 is 3.00 bits per heavy atom. The predicted octanol–water partition coefficient (Wildman–Crippen LogP) is 1.99. The number of anilines is 1. The van der Waals surface area contributed by atoms with Crippen LogP contribution in [0.25, 0.3) is 0 Å². The fourth-order valence-corrected chi connectivity index (χ4v) is 3.23. The molecule has 0 bridgehead atoms. The van der Waals surface area contributed by atoms with Crippen LogP contribution < -0.4 is 15.5 Å². The van der Waals surface area contributed by atoms with Crippen molar-refractivity contribution < 1.29 is 9.50 Å². The topological polar surface area (TPSA) is 77.7 Å². The molecule has 1 aliphatic heterocycles. The third-order valence-electron chi connectivity index (χ3n) is 4.59. The first kappa shape index (κ1) is 19.0. The molecular weight excluding hydrogens is 347 g/mol. The number of nitrogens with one attached hydrogen (secondary N) is 2. The lowest BCUT2D eigenvalue weighted by molar-refractivity contribution is 0.432. The number of guanidine groups is 1. The van der Waals surface area contributed by atoms with Crippen molar-refractivity contribution in [3.8, 4) is 5.75 Å². The summed E-state index contributed by atoms with van der Waals surface area (Å²) in [6.07, 6.45) is 6.08. The summed E-state index contributed by atoms with van der Waals surface area (Å²) in [5.74, 6) is -0.255. The van der Waals surface area contributed by atoms with Gasteiger partial charge in [0.1, 0.15) is 0 Å². The van der Waals surface area contributed by atoms with E-state index in [0.29, 0.717) is 18.1 Å². The van der Waals surface area contributed by atoms with Crippen molar-refractivity contribution in [2.24, 2.45) is 12.0 Å². The van der Waals surface area contributed by atoms with Crippen LogP contribution in [0.1, 0.15) is 25.3 Å². The molecule has 1 atom stereocenters. The summed E-state index contributed by atoms with van der Waals surface area (Å²) in [5.41, 5.74) is 1.84. The quantitative estimate of drug-likeness (QED) is 0.551. The highest BCUT2D eigenvalue weighted by Gasteiger charge is 2.21. The van der Waals surface area contributed by atoms with Gasteiger partial charge in [0.05, 0.1) is 18.4 Å². The minimum atomic E-state index is -0.625. The largest absolute Gasteiger partial charge is 0.505 e. The maximum atomic E-state index is 13.5. The van der Waals surface area contributed by atoms with Gasteiger partial charge in [0.15, 0.2) is 17.5 Å². The van der Waals surface area contributed by atoms with Gasteiger partial charge < -0.3 is 20.6 Å². The Morgan fingerprint density at radius 1 is 1.44 bits per heavy atom. The summed E-state index contributed by atoms with van der Waals surface area (Å²) in [5, 5.41) is 20.3. The Kier molecular flexibility index (Phi) is 6.16. The predicted molar refractivity (Wildman–Crippen MR) is 104 cm³/mol. The number of phenolic OH excluding ortho intramolecular Hbond substituents is 1. The van der Waals surface area contributed by atoms with Crippen LogP contribution in [0.3, 0.4) is 0 Å². The molecule has 0 spiro atoms. The normalized spacial score (nSPS) is 17.8. The zero-order valence-corrected chi connectivity index (χ0v) is 15.8. The minimum absolute atomic E-state index is 0.272. The number of nitrogens with zero attached hydrogens (tertiary/aromatic N) is 4. The van der Waals surface area contributed by atoms with Gasteiger partial charge in [-0.15, -0.1) is 0 Å². The van der Waals surface area contributed by atoms with E-state index in [2.05, 4.69) is 25.6 Å². The molecule has 0 amide bonds. The second-order valence-electron chi connectivity index (χ2n) is 6.78. The van der Waals surface area contributed by atoms with Gasteiger partial charge in [0, 0.05) is 38.9 Å². The van der Waals surface area contributed by atoms with E-state index in [4.69, 9.17) is 0 Å². The van der Waals surface area contributed by atoms with Crippen LogP contribution in [0.5, 0.6) is 5.75 Å². The van der Waals surface area contributed by atoms with E-state index in [1.165, 1.54) is 12.1 Å². The van der Waals surface area contributed by atoms with Gasteiger partial charge in [-0.2, -0.15) is 5.10 Å². The van der Waals surface area contributed by atoms with Crippen LogP contribution in [0.15, 0.2) is 35.6 Å². The van der Waals surface area contributed by atoms with E-state index in [-0.39, 0.29) is 11.8 Å². The van der Waals surface area contributed by atoms with Gasteiger partial charge >= 0.3 is 0 Å². The maximum Gasteiger partial charge on any atom is 0.191 e. The molecule has 2 heterocycles. The lowest BCUT2D eigenvalue weighted by Gasteiger charge is -2.34. The number of aromatic hydroxyl groups is 1. The number of benzene rings is 1. The van der Waals surface area contributed by atoms with Crippen molar-refractivity contribution in [3.63, 3.8) is 0 Å². The van der Waals surface area contributed by atoms with Gasteiger partial charge in [-0.1, -0.05) is 6.07 Å². The van der Waals surface area contributed by atoms with Gasteiger partial charge in [-0.05, 0) is 37.5 Å². The number of aliphatic imine (C=N–C) groups is 1. The SMILES string of the molecule is CCNC(=NCc1ccc(O)c(F)c1)NC1CCCN(c2cnn(C)c2)C1. The molecule has 0 saturated carbocycles. The zero-order valence-electron chi connectivity index (χ0n) is 15.8. The van der Waals surface area contributed by atoms with E-state index in [1.54, 1.807) is 6.07 Å². The molecule has 27 heavy (non-hydrogen) atoms.